The van der Waals surface area contributed by atoms with E-state index in [4.69, 9.17) is 4.52 Å². The molecule has 1 aromatic heterocycles. The van der Waals surface area contributed by atoms with Gasteiger partial charge in [0.1, 0.15) is 5.82 Å². The molecule has 3 N–H and O–H groups in total. The third-order valence-electron chi connectivity index (χ3n) is 8.14. The summed E-state index contributed by atoms with van der Waals surface area (Å²) < 4.78 is 34.2. The van der Waals surface area contributed by atoms with Gasteiger partial charge in [-0.05, 0) is 68.3 Å². The Morgan fingerprint density at radius 1 is 1.26 bits per heavy atom. The first-order valence-electron chi connectivity index (χ1n) is 11.0. The highest BCUT2D eigenvalue weighted by molar-refractivity contribution is 7.46. The molecule has 9 heteroatoms. The van der Waals surface area contributed by atoms with E-state index in [0.717, 1.165) is 30.5 Å². The van der Waals surface area contributed by atoms with Crippen molar-refractivity contribution in [3.8, 4) is 11.3 Å². The normalized spacial score (nSPS) is 36.5. The Hall–Kier alpha value is -1.57. The third-order valence-corrected chi connectivity index (χ3v) is 8.68. The number of phosphoric ester groups is 1. The standard InChI is InChI=1S/C22H26FN2O5P/c23-16-3-1-2-15-18-10-24-11-25(18)17(21(15)16)6-19(30-31(27,28)29)20-13-4-12-5-14(20)9-22(26,7-12)8-13/h1-3,10-14,17,19-20,26H,4-9H2,(H2,27,28,29). The lowest BCUT2D eigenvalue weighted by atomic mass is 9.49. The molecule has 0 radical (unpaired) electrons. The second kappa shape index (κ2) is 6.72. The van der Waals surface area contributed by atoms with Crippen molar-refractivity contribution in [3.63, 3.8) is 0 Å². The van der Waals surface area contributed by atoms with Gasteiger partial charge in [-0.3, -0.25) is 4.52 Å². The zero-order valence-electron chi connectivity index (χ0n) is 17.0. The fraction of sp³-hybridized carbons (Fsp3) is 0.591. The van der Waals surface area contributed by atoms with Gasteiger partial charge in [0.15, 0.2) is 0 Å². The molecule has 7 nitrogen and oxygen atoms in total. The number of halogens is 1. The largest absolute Gasteiger partial charge is 0.469 e. The van der Waals surface area contributed by atoms with Crippen LogP contribution in [0.3, 0.4) is 0 Å². The van der Waals surface area contributed by atoms with Gasteiger partial charge < -0.3 is 19.5 Å². The number of phosphoric acid groups is 1. The average Bonchev–Trinajstić information content (AvgIpc) is 3.22. The number of fused-ring (bicyclic) bond motifs is 3. The van der Waals surface area contributed by atoms with E-state index < -0.39 is 25.6 Å². The average molecular weight is 448 g/mol. The van der Waals surface area contributed by atoms with E-state index in [1.54, 1.807) is 18.6 Å². The van der Waals surface area contributed by atoms with Crippen LogP contribution in [0.25, 0.3) is 11.3 Å². The molecular formula is C22H26FN2O5P. The van der Waals surface area contributed by atoms with Crippen LogP contribution in [-0.2, 0) is 9.09 Å². The maximum atomic E-state index is 14.9. The Labute approximate surface area is 179 Å². The molecule has 0 spiro atoms. The van der Waals surface area contributed by atoms with Crippen LogP contribution in [0.1, 0.15) is 50.1 Å². The number of rotatable bonds is 5. The molecule has 0 saturated heterocycles. The van der Waals surface area contributed by atoms with Crippen LogP contribution >= 0.6 is 7.82 Å². The summed E-state index contributed by atoms with van der Waals surface area (Å²) in [5, 5.41) is 10.9. The molecule has 166 valence electrons. The summed E-state index contributed by atoms with van der Waals surface area (Å²) in [6, 6.07) is 4.49. The zero-order chi connectivity index (χ0) is 21.5. The summed E-state index contributed by atoms with van der Waals surface area (Å²) in [7, 11) is -4.75. The smallest absolute Gasteiger partial charge is 0.390 e. The van der Waals surface area contributed by atoms with Gasteiger partial charge in [-0.15, -0.1) is 0 Å². The van der Waals surface area contributed by atoms with Gasteiger partial charge in [0.05, 0.1) is 36.0 Å². The first-order valence-corrected chi connectivity index (χ1v) is 12.5. The van der Waals surface area contributed by atoms with E-state index in [-0.39, 0.29) is 30.0 Å². The Balaban J connectivity index is 1.38. The molecule has 0 amide bonds. The fourth-order valence-corrected chi connectivity index (χ4v) is 8.11. The molecule has 31 heavy (non-hydrogen) atoms. The van der Waals surface area contributed by atoms with Crippen LogP contribution < -0.4 is 0 Å². The van der Waals surface area contributed by atoms with Crippen molar-refractivity contribution in [2.45, 2.75) is 56.3 Å². The number of aliphatic hydroxyl groups is 1. The summed E-state index contributed by atoms with van der Waals surface area (Å²) in [5.74, 6) is 0.403. The summed E-state index contributed by atoms with van der Waals surface area (Å²) in [6.07, 6.45) is 6.90. The minimum absolute atomic E-state index is 0.0627. The quantitative estimate of drug-likeness (QED) is 0.604. The summed E-state index contributed by atoms with van der Waals surface area (Å²) in [6.45, 7) is 0. The molecule has 4 atom stereocenters. The van der Waals surface area contributed by atoms with Gasteiger partial charge in [-0.2, -0.15) is 0 Å². The first kappa shape index (κ1) is 20.1. The predicted molar refractivity (Wildman–Crippen MR) is 109 cm³/mol. The summed E-state index contributed by atoms with van der Waals surface area (Å²) >= 11 is 0. The molecule has 4 saturated carbocycles. The molecular weight excluding hydrogens is 422 g/mol. The van der Waals surface area contributed by atoms with Crippen molar-refractivity contribution in [1.82, 2.24) is 9.55 Å². The SMILES string of the molecule is O=P(O)(O)OC(CC1c2c(F)cccc2-c2cncn21)C1C2CC3CC1CC(O)(C3)C2. The Morgan fingerprint density at radius 2 is 2.00 bits per heavy atom. The zero-order valence-corrected chi connectivity index (χ0v) is 17.9. The highest BCUT2D eigenvalue weighted by Crippen LogP contribution is 2.61. The molecule has 1 aliphatic heterocycles. The molecule has 4 unspecified atom stereocenters. The van der Waals surface area contributed by atoms with Crippen LogP contribution in [0.2, 0.25) is 0 Å². The molecule has 4 aliphatic carbocycles. The second-order valence-electron chi connectivity index (χ2n) is 10.0. The van der Waals surface area contributed by atoms with E-state index in [0.29, 0.717) is 24.3 Å². The van der Waals surface area contributed by atoms with E-state index >= 15 is 0 Å². The fourth-order valence-electron chi connectivity index (χ4n) is 7.53. The monoisotopic (exact) mass is 448 g/mol. The highest BCUT2D eigenvalue weighted by atomic mass is 31.2. The van der Waals surface area contributed by atoms with Crippen molar-refractivity contribution in [2.75, 3.05) is 0 Å². The first-order chi connectivity index (χ1) is 14.7. The van der Waals surface area contributed by atoms with Crippen molar-refractivity contribution in [2.24, 2.45) is 23.7 Å². The lowest BCUT2D eigenvalue weighted by molar-refractivity contribution is -0.172. The molecule has 1 aromatic carbocycles. The number of hydrogen-bond acceptors (Lipinski definition) is 4. The van der Waals surface area contributed by atoms with Crippen molar-refractivity contribution in [1.29, 1.82) is 0 Å². The van der Waals surface area contributed by atoms with E-state index in [1.165, 1.54) is 6.07 Å². The number of imidazole rings is 1. The lowest BCUT2D eigenvalue weighted by Crippen LogP contribution is -2.57. The van der Waals surface area contributed by atoms with Gasteiger partial charge in [-0.1, -0.05) is 12.1 Å². The number of benzene rings is 1. The third kappa shape index (κ3) is 3.23. The van der Waals surface area contributed by atoms with Crippen LogP contribution in [0.15, 0.2) is 30.7 Å². The maximum absolute atomic E-state index is 14.9. The summed E-state index contributed by atoms with van der Waals surface area (Å²) in [5.41, 5.74) is 1.44. The second-order valence-corrected chi connectivity index (χ2v) is 11.2. The van der Waals surface area contributed by atoms with E-state index in [1.807, 2.05) is 10.6 Å². The molecule has 4 bridgehead atoms. The van der Waals surface area contributed by atoms with Crippen molar-refractivity contribution < 1.29 is 28.4 Å². The van der Waals surface area contributed by atoms with Crippen LogP contribution in [-0.4, -0.2) is 36.1 Å². The van der Waals surface area contributed by atoms with Gasteiger partial charge >= 0.3 is 7.82 Å². The van der Waals surface area contributed by atoms with Gasteiger partial charge in [0.25, 0.3) is 0 Å². The number of nitrogens with zero attached hydrogens (tertiary/aromatic N) is 2. The molecule has 4 fully saturated rings. The molecule has 2 heterocycles. The molecule has 5 aliphatic rings. The van der Waals surface area contributed by atoms with Gasteiger partial charge in [0, 0.05) is 11.1 Å². The summed E-state index contributed by atoms with van der Waals surface area (Å²) in [4.78, 5) is 23.6. The minimum atomic E-state index is -4.75. The molecule has 2 aromatic rings. The number of hydrogen-bond donors (Lipinski definition) is 3. The lowest BCUT2D eigenvalue weighted by Gasteiger charge is -2.59. The van der Waals surface area contributed by atoms with Gasteiger partial charge in [0.2, 0.25) is 0 Å². The van der Waals surface area contributed by atoms with Crippen LogP contribution in [0.5, 0.6) is 0 Å². The van der Waals surface area contributed by atoms with Gasteiger partial charge in [-0.25, -0.2) is 13.9 Å². The van der Waals surface area contributed by atoms with Crippen molar-refractivity contribution >= 4 is 7.82 Å². The van der Waals surface area contributed by atoms with Crippen LogP contribution in [0, 0.1) is 29.5 Å². The maximum Gasteiger partial charge on any atom is 0.469 e. The Morgan fingerprint density at radius 3 is 2.68 bits per heavy atom. The predicted octanol–water partition coefficient (Wildman–Crippen LogP) is 3.65. The van der Waals surface area contributed by atoms with E-state index in [2.05, 4.69) is 4.98 Å². The minimum Gasteiger partial charge on any atom is -0.390 e. The topological polar surface area (TPSA) is 105 Å². The Bertz CT molecular complexity index is 1070. The number of aromatic nitrogens is 2. The van der Waals surface area contributed by atoms with Crippen LogP contribution in [0.4, 0.5) is 4.39 Å². The van der Waals surface area contributed by atoms with E-state index in [9.17, 15) is 23.8 Å². The Kier molecular flexibility index (Phi) is 4.35. The molecule has 7 rings (SSSR count). The highest BCUT2D eigenvalue weighted by Gasteiger charge is 2.57. The van der Waals surface area contributed by atoms with Crippen molar-refractivity contribution in [3.05, 3.63) is 42.1 Å².